The highest BCUT2D eigenvalue weighted by molar-refractivity contribution is 5.52. The zero-order valence-corrected chi connectivity index (χ0v) is 14.5. The lowest BCUT2D eigenvalue weighted by atomic mass is 9.96. The Kier molecular flexibility index (Phi) is 4.46. The Balaban J connectivity index is 1.54. The molecular formula is C20H23N5. The summed E-state index contributed by atoms with van der Waals surface area (Å²) >= 11 is 0. The van der Waals surface area contributed by atoms with E-state index in [2.05, 4.69) is 49.7 Å². The van der Waals surface area contributed by atoms with Gasteiger partial charge in [0.1, 0.15) is 5.82 Å². The average molecular weight is 333 g/mol. The largest absolute Gasteiger partial charge is 0.370 e. The van der Waals surface area contributed by atoms with Crippen LogP contribution in [0.4, 0.5) is 5.69 Å². The van der Waals surface area contributed by atoms with Gasteiger partial charge in [-0.1, -0.05) is 6.07 Å². The second kappa shape index (κ2) is 7.05. The molecule has 1 fully saturated rings. The van der Waals surface area contributed by atoms with Crippen LogP contribution in [-0.2, 0) is 6.54 Å². The maximum atomic E-state index is 4.68. The zero-order chi connectivity index (χ0) is 17.1. The molecule has 3 aromatic rings. The SMILES string of the molecule is Cc1cnccc1N1CCC[C@H](c2nccn2Cc2ccccn2)C1. The summed E-state index contributed by atoms with van der Waals surface area (Å²) in [5.74, 6) is 1.61. The Hall–Kier alpha value is -2.69. The van der Waals surface area contributed by atoms with Crippen molar-refractivity contribution in [3.63, 3.8) is 0 Å². The average Bonchev–Trinajstić information content (AvgIpc) is 3.11. The van der Waals surface area contributed by atoms with Gasteiger partial charge < -0.3 is 9.47 Å². The van der Waals surface area contributed by atoms with Crippen LogP contribution in [-0.4, -0.2) is 32.6 Å². The summed E-state index contributed by atoms with van der Waals surface area (Å²) in [4.78, 5) is 15.8. The van der Waals surface area contributed by atoms with Crippen molar-refractivity contribution in [1.29, 1.82) is 0 Å². The molecule has 0 radical (unpaired) electrons. The molecule has 0 amide bonds. The molecule has 4 heterocycles. The Labute approximate surface area is 148 Å². The van der Waals surface area contributed by atoms with E-state index in [0.717, 1.165) is 25.3 Å². The molecule has 0 saturated carbocycles. The molecule has 0 N–H and O–H groups in total. The van der Waals surface area contributed by atoms with Crippen molar-refractivity contribution in [3.05, 3.63) is 72.3 Å². The van der Waals surface area contributed by atoms with E-state index >= 15 is 0 Å². The minimum atomic E-state index is 0.444. The highest BCUT2D eigenvalue weighted by Crippen LogP contribution is 2.30. The predicted molar refractivity (Wildman–Crippen MR) is 98.7 cm³/mol. The zero-order valence-electron chi connectivity index (χ0n) is 14.5. The molecular weight excluding hydrogens is 310 g/mol. The normalized spacial score (nSPS) is 17.6. The van der Waals surface area contributed by atoms with Crippen molar-refractivity contribution in [2.45, 2.75) is 32.2 Å². The molecule has 4 rings (SSSR count). The summed E-state index contributed by atoms with van der Waals surface area (Å²) in [6, 6.07) is 8.18. The summed E-state index contributed by atoms with van der Waals surface area (Å²) in [7, 11) is 0. The molecule has 1 aliphatic heterocycles. The molecule has 1 saturated heterocycles. The summed E-state index contributed by atoms with van der Waals surface area (Å²) in [6.07, 6.45) is 12.0. The van der Waals surface area contributed by atoms with E-state index < -0.39 is 0 Å². The maximum absolute atomic E-state index is 4.68. The van der Waals surface area contributed by atoms with Gasteiger partial charge in [0.2, 0.25) is 0 Å². The van der Waals surface area contributed by atoms with E-state index in [-0.39, 0.29) is 0 Å². The first kappa shape index (κ1) is 15.8. The monoisotopic (exact) mass is 333 g/mol. The molecule has 1 aliphatic rings. The Bertz CT molecular complexity index is 827. The minimum absolute atomic E-state index is 0.444. The van der Waals surface area contributed by atoms with E-state index in [1.807, 2.05) is 36.9 Å². The van der Waals surface area contributed by atoms with E-state index in [0.29, 0.717) is 5.92 Å². The van der Waals surface area contributed by atoms with Crippen LogP contribution in [0.5, 0.6) is 0 Å². The Morgan fingerprint density at radius 3 is 2.92 bits per heavy atom. The highest BCUT2D eigenvalue weighted by Gasteiger charge is 2.25. The van der Waals surface area contributed by atoms with Crippen LogP contribution in [0.3, 0.4) is 0 Å². The van der Waals surface area contributed by atoms with E-state index in [1.54, 1.807) is 0 Å². The van der Waals surface area contributed by atoms with Crippen LogP contribution >= 0.6 is 0 Å². The van der Waals surface area contributed by atoms with Crippen LogP contribution in [0.2, 0.25) is 0 Å². The van der Waals surface area contributed by atoms with E-state index in [4.69, 9.17) is 0 Å². The number of piperidine rings is 1. The molecule has 3 aromatic heterocycles. The summed E-state index contributed by atoms with van der Waals surface area (Å²) in [5, 5.41) is 0. The topological polar surface area (TPSA) is 46.8 Å². The van der Waals surface area contributed by atoms with Gasteiger partial charge in [0.05, 0.1) is 12.2 Å². The molecule has 0 aromatic carbocycles. The maximum Gasteiger partial charge on any atom is 0.113 e. The molecule has 0 spiro atoms. The number of nitrogens with zero attached hydrogens (tertiary/aromatic N) is 5. The standard InChI is InChI=1S/C20H23N5/c1-16-13-21-9-7-19(16)24-11-4-5-17(14-24)20-23-10-12-25(20)15-18-6-2-3-8-22-18/h2-3,6-10,12-13,17H,4-5,11,14-15H2,1H3/t17-/m0/s1. The molecule has 1 atom stereocenters. The van der Waals surface area contributed by atoms with Gasteiger partial charge in [-0.25, -0.2) is 4.98 Å². The lowest BCUT2D eigenvalue weighted by Crippen LogP contribution is -2.35. The highest BCUT2D eigenvalue weighted by atomic mass is 15.2. The third-order valence-corrected chi connectivity index (χ3v) is 4.92. The van der Waals surface area contributed by atoms with Crippen LogP contribution < -0.4 is 4.90 Å². The fourth-order valence-corrected chi connectivity index (χ4v) is 3.71. The van der Waals surface area contributed by atoms with Crippen LogP contribution in [0.1, 0.15) is 35.8 Å². The molecule has 5 heteroatoms. The van der Waals surface area contributed by atoms with Gasteiger partial charge in [0.25, 0.3) is 0 Å². The molecule has 0 aliphatic carbocycles. The second-order valence-corrected chi connectivity index (χ2v) is 6.68. The lowest BCUT2D eigenvalue weighted by Gasteiger charge is -2.35. The number of pyridine rings is 2. The van der Waals surface area contributed by atoms with Crippen LogP contribution in [0.25, 0.3) is 0 Å². The number of aryl methyl sites for hydroxylation is 1. The van der Waals surface area contributed by atoms with Gasteiger partial charge in [0.15, 0.2) is 0 Å². The molecule has 0 bridgehead atoms. The van der Waals surface area contributed by atoms with Crippen LogP contribution in [0, 0.1) is 6.92 Å². The summed E-state index contributed by atoms with van der Waals surface area (Å²) in [5.41, 5.74) is 3.60. The smallest absolute Gasteiger partial charge is 0.113 e. The fraction of sp³-hybridized carbons (Fsp3) is 0.350. The van der Waals surface area contributed by atoms with Gasteiger partial charge in [-0.15, -0.1) is 0 Å². The van der Waals surface area contributed by atoms with Crippen molar-refractivity contribution >= 4 is 5.69 Å². The van der Waals surface area contributed by atoms with E-state index in [9.17, 15) is 0 Å². The van der Waals surface area contributed by atoms with Gasteiger partial charge in [-0.05, 0) is 43.5 Å². The molecule has 128 valence electrons. The number of hydrogen-bond acceptors (Lipinski definition) is 4. The van der Waals surface area contributed by atoms with Crippen molar-refractivity contribution in [3.8, 4) is 0 Å². The van der Waals surface area contributed by atoms with Crippen molar-refractivity contribution in [2.75, 3.05) is 18.0 Å². The van der Waals surface area contributed by atoms with Gasteiger partial charge in [-0.3, -0.25) is 9.97 Å². The molecule has 0 unspecified atom stereocenters. The number of aromatic nitrogens is 4. The fourth-order valence-electron chi connectivity index (χ4n) is 3.71. The predicted octanol–water partition coefficient (Wildman–Crippen LogP) is 3.41. The quantitative estimate of drug-likeness (QED) is 0.734. The Morgan fingerprint density at radius 1 is 1.12 bits per heavy atom. The van der Waals surface area contributed by atoms with Gasteiger partial charge in [-0.2, -0.15) is 0 Å². The first-order valence-electron chi connectivity index (χ1n) is 8.88. The number of hydrogen-bond donors (Lipinski definition) is 0. The number of imidazole rings is 1. The lowest BCUT2D eigenvalue weighted by molar-refractivity contribution is 0.475. The van der Waals surface area contributed by atoms with Gasteiger partial charge >= 0.3 is 0 Å². The number of anilines is 1. The van der Waals surface area contributed by atoms with Crippen LogP contribution in [0.15, 0.2) is 55.2 Å². The number of rotatable bonds is 4. The van der Waals surface area contributed by atoms with E-state index in [1.165, 1.54) is 29.9 Å². The third-order valence-electron chi connectivity index (χ3n) is 4.92. The second-order valence-electron chi connectivity index (χ2n) is 6.68. The Morgan fingerprint density at radius 2 is 2.08 bits per heavy atom. The summed E-state index contributed by atoms with van der Waals surface area (Å²) in [6.45, 7) is 5.02. The minimum Gasteiger partial charge on any atom is -0.370 e. The van der Waals surface area contributed by atoms with Crippen molar-refractivity contribution in [2.24, 2.45) is 0 Å². The molecule has 5 nitrogen and oxygen atoms in total. The summed E-state index contributed by atoms with van der Waals surface area (Å²) < 4.78 is 2.25. The first-order chi connectivity index (χ1) is 12.3. The van der Waals surface area contributed by atoms with Crippen molar-refractivity contribution in [1.82, 2.24) is 19.5 Å². The first-order valence-corrected chi connectivity index (χ1v) is 8.88. The third kappa shape index (κ3) is 3.40. The van der Waals surface area contributed by atoms with Crippen molar-refractivity contribution < 1.29 is 0 Å². The van der Waals surface area contributed by atoms with Gasteiger partial charge in [0, 0.05) is 55.7 Å². The molecule has 25 heavy (non-hydrogen) atoms.